The lowest BCUT2D eigenvalue weighted by atomic mass is 10.1. The van der Waals surface area contributed by atoms with E-state index in [4.69, 9.17) is 14.5 Å². The van der Waals surface area contributed by atoms with Crippen molar-refractivity contribution in [3.63, 3.8) is 0 Å². The lowest BCUT2D eigenvalue weighted by Gasteiger charge is -2.29. The van der Waals surface area contributed by atoms with Gasteiger partial charge < -0.3 is 20.1 Å². The molecule has 2 heterocycles. The van der Waals surface area contributed by atoms with E-state index in [1.807, 2.05) is 24.3 Å². The first kappa shape index (κ1) is 16.2. The molecule has 1 aliphatic carbocycles. The Morgan fingerprint density at radius 1 is 0.960 bits per heavy atom. The van der Waals surface area contributed by atoms with Gasteiger partial charge in [0.25, 0.3) is 0 Å². The second-order valence-corrected chi connectivity index (χ2v) is 6.83. The van der Waals surface area contributed by atoms with Crippen molar-refractivity contribution >= 4 is 11.5 Å². The van der Waals surface area contributed by atoms with Crippen molar-refractivity contribution in [2.24, 2.45) is 0 Å². The maximum atomic E-state index is 5.28. The highest BCUT2D eigenvalue weighted by molar-refractivity contribution is 5.71. The highest BCUT2D eigenvalue weighted by atomic mass is 16.5. The fourth-order valence-corrected chi connectivity index (χ4v) is 3.41. The van der Waals surface area contributed by atoms with Crippen LogP contribution in [0.25, 0.3) is 11.3 Å². The van der Waals surface area contributed by atoms with Crippen LogP contribution in [0.1, 0.15) is 25.7 Å². The van der Waals surface area contributed by atoms with Gasteiger partial charge in [0, 0.05) is 11.6 Å². The normalized spacial score (nSPS) is 18.0. The van der Waals surface area contributed by atoms with Gasteiger partial charge in [-0.25, -0.2) is 4.98 Å². The van der Waals surface area contributed by atoms with Crippen LogP contribution in [0.3, 0.4) is 0 Å². The molecule has 1 aliphatic heterocycles. The highest BCUT2D eigenvalue weighted by Gasteiger charge is 2.22. The molecule has 0 amide bonds. The second kappa shape index (κ2) is 7.31. The average molecular weight is 339 g/mol. The molecule has 0 spiro atoms. The van der Waals surface area contributed by atoms with E-state index in [9.17, 15) is 0 Å². The van der Waals surface area contributed by atoms with Crippen molar-refractivity contribution in [3.05, 3.63) is 36.4 Å². The standard InChI is InChI=1S/C20H25N3O2/c1-24-17-8-6-14(7-9-17)18-10-11-19(21-16-12-25-13-16)20(23-18)22-15-4-2-3-5-15/h6-11,15-16,21H,2-5,12-13H2,1H3,(H,22,23). The summed E-state index contributed by atoms with van der Waals surface area (Å²) in [4.78, 5) is 4.92. The van der Waals surface area contributed by atoms with Crippen molar-refractivity contribution in [2.45, 2.75) is 37.8 Å². The number of nitrogens with one attached hydrogen (secondary N) is 2. The van der Waals surface area contributed by atoms with Gasteiger partial charge in [-0.15, -0.1) is 0 Å². The minimum Gasteiger partial charge on any atom is -0.497 e. The van der Waals surface area contributed by atoms with Crippen molar-refractivity contribution < 1.29 is 9.47 Å². The molecular weight excluding hydrogens is 314 g/mol. The van der Waals surface area contributed by atoms with Gasteiger partial charge in [0.05, 0.1) is 37.7 Å². The van der Waals surface area contributed by atoms with E-state index >= 15 is 0 Å². The van der Waals surface area contributed by atoms with E-state index in [0.29, 0.717) is 12.1 Å². The number of benzene rings is 1. The van der Waals surface area contributed by atoms with E-state index in [1.165, 1.54) is 25.7 Å². The van der Waals surface area contributed by atoms with Gasteiger partial charge in [0.2, 0.25) is 0 Å². The zero-order valence-electron chi connectivity index (χ0n) is 14.6. The smallest absolute Gasteiger partial charge is 0.150 e. The van der Waals surface area contributed by atoms with E-state index in [-0.39, 0.29) is 0 Å². The molecular formula is C20H25N3O2. The van der Waals surface area contributed by atoms with Crippen LogP contribution in [0, 0.1) is 0 Å². The third-order valence-corrected chi connectivity index (χ3v) is 4.97. The van der Waals surface area contributed by atoms with Crippen molar-refractivity contribution in [1.82, 2.24) is 4.98 Å². The van der Waals surface area contributed by atoms with Crippen LogP contribution in [0.2, 0.25) is 0 Å². The summed E-state index contributed by atoms with van der Waals surface area (Å²) in [6, 6.07) is 13.2. The molecule has 5 nitrogen and oxygen atoms in total. The summed E-state index contributed by atoms with van der Waals surface area (Å²) in [6.07, 6.45) is 5.05. The molecule has 2 N–H and O–H groups in total. The largest absolute Gasteiger partial charge is 0.497 e. The molecule has 2 aliphatic rings. The predicted octanol–water partition coefficient (Wildman–Crippen LogP) is 3.92. The third kappa shape index (κ3) is 3.71. The van der Waals surface area contributed by atoms with Gasteiger partial charge in [-0.2, -0.15) is 0 Å². The minimum absolute atomic E-state index is 0.387. The predicted molar refractivity (Wildman–Crippen MR) is 100 cm³/mol. The number of methoxy groups -OCH3 is 1. The SMILES string of the molecule is COc1ccc(-c2ccc(NC3COC3)c(NC3CCCC3)n2)cc1. The Morgan fingerprint density at radius 2 is 1.72 bits per heavy atom. The van der Waals surface area contributed by atoms with Crippen LogP contribution < -0.4 is 15.4 Å². The molecule has 2 aromatic rings. The molecule has 132 valence electrons. The Labute approximate surface area is 148 Å². The number of hydrogen-bond acceptors (Lipinski definition) is 5. The summed E-state index contributed by atoms with van der Waals surface area (Å²) in [5.74, 6) is 1.81. The van der Waals surface area contributed by atoms with Gasteiger partial charge in [-0.05, 0) is 49.2 Å². The van der Waals surface area contributed by atoms with Crippen molar-refractivity contribution in [2.75, 3.05) is 31.0 Å². The van der Waals surface area contributed by atoms with E-state index < -0.39 is 0 Å². The molecule has 0 radical (unpaired) electrons. The molecule has 1 aromatic carbocycles. The monoisotopic (exact) mass is 339 g/mol. The van der Waals surface area contributed by atoms with Gasteiger partial charge in [0.1, 0.15) is 11.6 Å². The molecule has 0 atom stereocenters. The lowest BCUT2D eigenvalue weighted by Crippen LogP contribution is -2.40. The molecule has 25 heavy (non-hydrogen) atoms. The van der Waals surface area contributed by atoms with Crippen LogP contribution in [0.15, 0.2) is 36.4 Å². The van der Waals surface area contributed by atoms with Gasteiger partial charge in [0.15, 0.2) is 0 Å². The molecule has 1 saturated heterocycles. The quantitative estimate of drug-likeness (QED) is 0.835. The average Bonchev–Trinajstić information content (AvgIpc) is 3.12. The zero-order chi connectivity index (χ0) is 17.1. The number of hydrogen-bond donors (Lipinski definition) is 2. The van der Waals surface area contributed by atoms with Crippen molar-refractivity contribution in [3.8, 4) is 17.0 Å². The maximum absolute atomic E-state index is 5.28. The Balaban J connectivity index is 1.60. The number of anilines is 2. The number of ether oxygens (including phenoxy) is 2. The van der Waals surface area contributed by atoms with E-state index in [2.05, 4.69) is 22.8 Å². The first-order chi connectivity index (χ1) is 12.3. The number of pyridine rings is 1. The topological polar surface area (TPSA) is 55.4 Å². The van der Waals surface area contributed by atoms with Gasteiger partial charge >= 0.3 is 0 Å². The van der Waals surface area contributed by atoms with Crippen LogP contribution in [-0.2, 0) is 4.74 Å². The van der Waals surface area contributed by atoms with Gasteiger partial charge in [-0.3, -0.25) is 0 Å². The third-order valence-electron chi connectivity index (χ3n) is 4.97. The summed E-state index contributed by atoms with van der Waals surface area (Å²) in [5, 5.41) is 7.20. The highest BCUT2D eigenvalue weighted by Crippen LogP contribution is 2.30. The second-order valence-electron chi connectivity index (χ2n) is 6.83. The maximum Gasteiger partial charge on any atom is 0.150 e. The van der Waals surface area contributed by atoms with Gasteiger partial charge in [-0.1, -0.05) is 12.8 Å². The Morgan fingerprint density at radius 3 is 2.36 bits per heavy atom. The summed E-state index contributed by atoms with van der Waals surface area (Å²) >= 11 is 0. The van der Waals surface area contributed by atoms with Crippen LogP contribution in [-0.4, -0.2) is 37.4 Å². The van der Waals surface area contributed by atoms with Crippen LogP contribution >= 0.6 is 0 Å². The van der Waals surface area contributed by atoms with Crippen LogP contribution in [0.5, 0.6) is 5.75 Å². The zero-order valence-corrected chi connectivity index (χ0v) is 14.6. The van der Waals surface area contributed by atoms with Crippen molar-refractivity contribution in [1.29, 1.82) is 0 Å². The van der Waals surface area contributed by atoms with Crippen LogP contribution in [0.4, 0.5) is 11.5 Å². The molecule has 0 bridgehead atoms. The van der Waals surface area contributed by atoms with E-state index in [1.54, 1.807) is 7.11 Å². The summed E-state index contributed by atoms with van der Waals surface area (Å²) in [7, 11) is 1.68. The molecule has 0 unspecified atom stereocenters. The fourth-order valence-electron chi connectivity index (χ4n) is 3.41. The summed E-state index contributed by atoms with van der Waals surface area (Å²) < 4.78 is 10.5. The molecule has 1 aromatic heterocycles. The molecule has 4 rings (SSSR count). The number of nitrogens with zero attached hydrogens (tertiary/aromatic N) is 1. The van der Waals surface area contributed by atoms with E-state index in [0.717, 1.165) is 41.7 Å². The first-order valence-corrected chi connectivity index (χ1v) is 9.08. The number of rotatable bonds is 6. The minimum atomic E-state index is 0.387. The Bertz CT molecular complexity index is 707. The lowest BCUT2D eigenvalue weighted by molar-refractivity contribution is 0.0211. The molecule has 5 heteroatoms. The Hall–Kier alpha value is -2.27. The fraction of sp³-hybridized carbons (Fsp3) is 0.450. The summed E-state index contributed by atoms with van der Waals surface area (Å²) in [6.45, 7) is 1.53. The number of aromatic nitrogens is 1. The molecule has 2 fully saturated rings. The first-order valence-electron chi connectivity index (χ1n) is 9.08. The summed E-state index contributed by atoms with van der Waals surface area (Å²) in [5.41, 5.74) is 3.13. The molecule has 1 saturated carbocycles. The Kier molecular flexibility index (Phi) is 4.74.